The van der Waals surface area contributed by atoms with Crippen LogP contribution in [-0.2, 0) is 20.1 Å². The Morgan fingerprint density at radius 1 is 1.29 bits per heavy atom. The molecular formula is C15H25N5O4. The molecule has 0 spiro atoms. The van der Waals surface area contributed by atoms with E-state index in [-0.39, 0.29) is 24.3 Å². The van der Waals surface area contributed by atoms with Crippen LogP contribution in [0.4, 0.5) is 0 Å². The number of hydrogen-bond donors (Lipinski definition) is 2. The van der Waals surface area contributed by atoms with Crippen LogP contribution in [0.1, 0.15) is 13.8 Å². The second-order valence-electron chi connectivity index (χ2n) is 5.73. The number of aryl methyl sites for hydroxylation is 1. The van der Waals surface area contributed by atoms with E-state index in [1.165, 1.54) is 20.0 Å². The van der Waals surface area contributed by atoms with Crippen molar-refractivity contribution in [3.8, 4) is 0 Å². The van der Waals surface area contributed by atoms with Gasteiger partial charge in [-0.25, -0.2) is 9.78 Å². The molecule has 0 saturated carbocycles. The number of imidazole rings is 1. The lowest BCUT2D eigenvalue weighted by Crippen LogP contribution is -2.42. The Bertz CT molecular complexity index is 803. The molecule has 0 fully saturated rings. The number of likely N-dealkylation sites (N-methyl/N-ethyl adjacent to an activating group) is 1. The van der Waals surface area contributed by atoms with Gasteiger partial charge in [0.1, 0.15) is 0 Å². The highest BCUT2D eigenvalue weighted by atomic mass is 16.3. The fourth-order valence-electron chi connectivity index (χ4n) is 2.72. The molecule has 134 valence electrons. The van der Waals surface area contributed by atoms with Crippen molar-refractivity contribution in [2.75, 3.05) is 26.2 Å². The SMILES string of the molecule is CCN(CC)CCn1c(=O)c2c(ncn2C[C@@H](O)CO)n(C)c1=O. The molecule has 0 radical (unpaired) electrons. The van der Waals surface area contributed by atoms with E-state index in [0.717, 1.165) is 13.1 Å². The molecule has 2 aromatic heterocycles. The Labute approximate surface area is 139 Å². The fourth-order valence-corrected chi connectivity index (χ4v) is 2.72. The van der Waals surface area contributed by atoms with Gasteiger partial charge in [0.15, 0.2) is 11.2 Å². The molecule has 24 heavy (non-hydrogen) atoms. The summed E-state index contributed by atoms with van der Waals surface area (Å²) < 4.78 is 4.01. The zero-order valence-corrected chi connectivity index (χ0v) is 14.3. The van der Waals surface area contributed by atoms with Gasteiger partial charge >= 0.3 is 5.69 Å². The fraction of sp³-hybridized carbons (Fsp3) is 0.667. The van der Waals surface area contributed by atoms with Gasteiger partial charge in [0.25, 0.3) is 5.56 Å². The highest BCUT2D eigenvalue weighted by molar-refractivity contribution is 5.69. The predicted molar refractivity (Wildman–Crippen MR) is 90.1 cm³/mol. The third-order valence-corrected chi connectivity index (χ3v) is 4.25. The summed E-state index contributed by atoms with van der Waals surface area (Å²) in [5.74, 6) is 0. The second-order valence-corrected chi connectivity index (χ2v) is 5.73. The van der Waals surface area contributed by atoms with E-state index in [0.29, 0.717) is 6.54 Å². The minimum Gasteiger partial charge on any atom is -0.394 e. The van der Waals surface area contributed by atoms with Crippen molar-refractivity contribution in [1.82, 2.24) is 23.6 Å². The molecule has 2 N–H and O–H groups in total. The lowest BCUT2D eigenvalue weighted by molar-refractivity contribution is 0.0820. The van der Waals surface area contributed by atoms with E-state index in [9.17, 15) is 14.7 Å². The van der Waals surface area contributed by atoms with Crippen LogP contribution in [0.2, 0.25) is 0 Å². The van der Waals surface area contributed by atoms with Crippen LogP contribution < -0.4 is 11.2 Å². The minimum absolute atomic E-state index is 0.0382. The molecule has 0 aliphatic rings. The number of hydrogen-bond acceptors (Lipinski definition) is 6. The van der Waals surface area contributed by atoms with Crippen molar-refractivity contribution in [2.24, 2.45) is 7.05 Å². The first-order chi connectivity index (χ1) is 11.4. The first-order valence-electron chi connectivity index (χ1n) is 8.10. The molecule has 0 unspecified atom stereocenters. The summed E-state index contributed by atoms with van der Waals surface area (Å²) in [5, 5.41) is 18.6. The summed E-state index contributed by atoms with van der Waals surface area (Å²) in [6.07, 6.45) is 0.405. The average molecular weight is 339 g/mol. The topological polar surface area (TPSA) is 106 Å². The van der Waals surface area contributed by atoms with Crippen molar-refractivity contribution in [2.45, 2.75) is 33.0 Å². The monoisotopic (exact) mass is 339 g/mol. The number of aliphatic hydroxyl groups excluding tert-OH is 2. The summed E-state index contributed by atoms with van der Waals surface area (Å²) in [5.41, 5.74) is -0.311. The Balaban J connectivity index is 2.50. The lowest BCUT2D eigenvalue weighted by Gasteiger charge is -2.18. The Kier molecular flexibility index (Phi) is 5.92. The summed E-state index contributed by atoms with van der Waals surface area (Å²) >= 11 is 0. The Hall–Kier alpha value is -1.97. The van der Waals surface area contributed by atoms with E-state index in [2.05, 4.69) is 9.88 Å². The van der Waals surface area contributed by atoms with Crippen LogP contribution in [0, 0.1) is 0 Å². The van der Waals surface area contributed by atoms with Gasteiger partial charge in [-0.1, -0.05) is 13.8 Å². The first-order valence-corrected chi connectivity index (χ1v) is 8.10. The molecule has 0 aromatic carbocycles. The van der Waals surface area contributed by atoms with Gasteiger partial charge in [-0.2, -0.15) is 0 Å². The molecule has 9 nitrogen and oxygen atoms in total. The van der Waals surface area contributed by atoms with Crippen LogP contribution in [0.15, 0.2) is 15.9 Å². The highest BCUT2D eigenvalue weighted by Crippen LogP contribution is 2.06. The van der Waals surface area contributed by atoms with Gasteiger partial charge in [0, 0.05) is 20.1 Å². The second kappa shape index (κ2) is 7.73. The van der Waals surface area contributed by atoms with Crippen molar-refractivity contribution in [3.05, 3.63) is 27.2 Å². The summed E-state index contributed by atoms with van der Waals surface area (Å²) in [6, 6.07) is 0. The third kappa shape index (κ3) is 3.42. The Morgan fingerprint density at radius 2 is 1.96 bits per heavy atom. The van der Waals surface area contributed by atoms with Crippen LogP contribution in [-0.4, -0.2) is 66.1 Å². The zero-order valence-electron chi connectivity index (χ0n) is 14.3. The van der Waals surface area contributed by atoms with Crippen LogP contribution in [0.25, 0.3) is 11.2 Å². The minimum atomic E-state index is -0.997. The zero-order chi connectivity index (χ0) is 17.9. The quantitative estimate of drug-likeness (QED) is 0.612. The molecule has 0 amide bonds. The first kappa shape index (κ1) is 18.4. The predicted octanol–water partition coefficient (Wildman–Crippen LogP) is -1.41. The third-order valence-electron chi connectivity index (χ3n) is 4.25. The van der Waals surface area contributed by atoms with Crippen molar-refractivity contribution < 1.29 is 10.2 Å². The largest absolute Gasteiger partial charge is 0.394 e. The van der Waals surface area contributed by atoms with Gasteiger partial charge in [-0.3, -0.25) is 13.9 Å². The van der Waals surface area contributed by atoms with Gasteiger partial charge in [-0.05, 0) is 13.1 Å². The molecule has 9 heteroatoms. The molecular weight excluding hydrogens is 314 g/mol. The van der Waals surface area contributed by atoms with Gasteiger partial charge < -0.3 is 19.7 Å². The van der Waals surface area contributed by atoms with Crippen LogP contribution in [0.3, 0.4) is 0 Å². The number of nitrogens with zero attached hydrogens (tertiary/aromatic N) is 5. The van der Waals surface area contributed by atoms with E-state index in [4.69, 9.17) is 5.11 Å². The average Bonchev–Trinajstić information content (AvgIpc) is 3.00. The molecule has 0 saturated heterocycles. The standard InChI is InChI=1S/C15H25N5O4/c1-4-18(5-2)6-7-20-14(23)12-13(17(3)15(20)24)16-10-19(12)8-11(22)9-21/h10-11,21-22H,4-9H2,1-3H3/t11-/m1/s1. The number of rotatable bonds is 8. The van der Waals surface area contributed by atoms with Crippen molar-refractivity contribution >= 4 is 11.2 Å². The molecule has 2 aromatic rings. The van der Waals surface area contributed by atoms with Crippen molar-refractivity contribution in [3.63, 3.8) is 0 Å². The van der Waals surface area contributed by atoms with E-state index in [1.807, 2.05) is 13.8 Å². The maximum Gasteiger partial charge on any atom is 0.332 e. The molecule has 2 rings (SSSR count). The smallest absolute Gasteiger partial charge is 0.332 e. The van der Waals surface area contributed by atoms with Crippen molar-refractivity contribution in [1.29, 1.82) is 0 Å². The molecule has 2 heterocycles. The normalized spacial score (nSPS) is 13.1. The maximum atomic E-state index is 12.8. The number of aliphatic hydroxyl groups is 2. The molecule has 0 aliphatic carbocycles. The summed E-state index contributed by atoms with van der Waals surface area (Å²) in [4.78, 5) is 31.5. The van der Waals surface area contributed by atoms with Gasteiger partial charge in [0.05, 0.1) is 25.6 Å². The highest BCUT2D eigenvalue weighted by Gasteiger charge is 2.17. The van der Waals surface area contributed by atoms with Crippen LogP contribution >= 0.6 is 0 Å². The van der Waals surface area contributed by atoms with Gasteiger partial charge in [0.2, 0.25) is 0 Å². The molecule has 1 atom stereocenters. The number of fused-ring (bicyclic) bond motifs is 1. The van der Waals surface area contributed by atoms with E-state index in [1.54, 1.807) is 7.05 Å². The van der Waals surface area contributed by atoms with Crippen LogP contribution in [0.5, 0.6) is 0 Å². The maximum absolute atomic E-state index is 12.8. The van der Waals surface area contributed by atoms with E-state index >= 15 is 0 Å². The van der Waals surface area contributed by atoms with Gasteiger partial charge in [-0.15, -0.1) is 0 Å². The Morgan fingerprint density at radius 3 is 2.54 bits per heavy atom. The summed E-state index contributed by atoms with van der Waals surface area (Å²) in [6.45, 7) is 6.25. The molecule has 0 aliphatic heterocycles. The molecule has 0 bridgehead atoms. The summed E-state index contributed by atoms with van der Waals surface area (Å²) in [7, 11) is 1.57. The lowest BCUT2D eigenvalue weighted by atomic mass is 10.3. The van der Waals surface area contributed by atoms with E-state index < -0.39 is 24.0 Å². The number of aromatic nitrogens is 4.